The number of alkyl halides is 1. The molecule has 3 aromatic rings. The number of carbonyl (C=O) groups is 2. The molecule has 1 heterocycles. The Balaban J connectivity index is 1.80. The number of unbranched alkanes of at least 4 members (excludes halogenated alkanes) is 3. The summed E-state index contributed by atoms with van der Waals surface area (Å²) in [6.07, 6.45) is 4.40. The fourth-order valence-electron chi connectivity index (χ4n) is 4.65. The third kappa shape index (κ3) is 9.02. The molecule has 2 aromatic carbocycles. The van der Waals surface area contributed by atoms with Crippen LogP contribution in [0.5, 0.6) is 11.5 Å². The third-order valence-electron chi connectivity index (χ3n) is 7.06. The van der Waals surface area contributed by atoms with Crippen LogP contribution in [-0.4, -0.2) is 51.7 Å². The van der Waals surface area contributed by atoms with Gasteiger partial charge in [-0.15, -0.1) is 5.10 Å². The summed E-state index contributed by atoms with van der Waals surface area (Å²) < 4.78 is 19.9. The molecular weight excluding hydrogens is 549 g/mol. The van der Waals surface area contributed by atoms with Crippen molar-refractivity contribution in [3.05, 3.63) is 64.5 Å². The minimum Gasteiger partial charge on any atom is -0.507 e. The van der Waals surface area contributed by atoms with Crippen molar-refractivity contribution >= 4 is 11.8 Å². The Morgan fingerprint density at radius 1 is 0.930 bits per heavy atom. The van der Waals surface area contributed by atoms with E-state index in [-0.39, 0.29) is 41.4 Å². The number of nitrogens with one attached hydrogen (secondary N) is 2. The van der Waals surface area contributed by atoms with Crippen LogP contribution in [0.3, 0.4) is 0 Å². The summed E-state index contributed by atoms with van der Waals surface area (Å²) >= 11 is 0. The van der Waals surface area contributed by atoms with Crippen LogP contribution < -0.4 is 15.4 Å². The molecule has 0 aliphatic rings. The lowest BCUT2D eigenvalue weighted by atomic mass is 9.78. The van der Waals surface area contributed by atoms with Crippen molar-refractivity contribution in [1.82, 2.24) is 25.6 Å². The highest BCUT2D eigenvalue weighted by atomic mass is 19.1. The predicted octanol–water partition coefficient (Wildman–Crippen LogP) is 6.16. The summed E-state index contributed by atoms with van der Waals surface area (Å²) in [5.41, 5.74) is 3.04. The minimum absolute atomic E-state index is 0.121. The summed E-state index contributed by atoms with van der Waals surface area (Å²) in [5, 5.41) is 24.9. The highest BCUT2D eigenvalue weighted by Gasteiger charge is 2.27. The second kappa shape index (κ2) is 14.5. The Morgan fingerprint density at radius 3 is 2.19 bits per heavy atom. The van der Waals surface area contributed by atoms with Crippen LogP contribution in [0.15, 0.2) is 36.5 Å². The first-order valence-corrected chi connectivity index (χ1v) is 14.9. The molecule has 0 saturated carbocycles. The van der Waals surface area contributed by atoms with Crippen LogP contribution >= 0.6 is 0 Å². The van der Waals surface area contributed by atoms with E-state index in [0.717, 1.165) is 36.0 Å². The minimum atomic E-state index is -0.400. The largest absolute Gasteiger partial charge is 0.507 e. The standard InChI is InChI=1S/C33H46FN5O4/c1-8-35-30(41)23-13-14-27(28(19-23)43-16-12-10-9-11-15-34)39-21-26(37-38-39)31(42)36-20-22-17-24(32(2,3)4)29(40)25(18-22)33(5,6)7/h13-14,17-19,21,40H,8-12,15-16,20H2,1-7H3,(H,35,41)(H,36,42). The lowest BCUT2D eigenvalue weighted by molar-refractivity contribution is 0.0941. The molecule has 0 aliphatic carbocycles. The van der Waals surface area contributed by atoms with Crippen molar-refractivity contribution in [3.63, 3.8) is 0 Å². The molecule has 0 fully saturated rings. The number of halogens is 1. The molecule has 0 unspecified atom stereocenters. The quantitative estimate of drug-likeness (QED) is 0.204. The molecule has 3 N–H and O–H groups in total. The van der Waals surface area contributed by atoms with Gasteiger partial charge in [0.1, 0.15) is 17.2 Å². The van der Waals surface area contributed by atoms with E-state index in [0.29, 0.717) is 36.6 Å². The van der Waals surface area contributed by atoms with Gasteiger partial charge in [-0.3, -0.25) is 14.0 Å². The maximum Gasteiger partial charge on any atom is 0.273 e. The maximum absolute atomic E-state index is 13.1. The number of phenols is 1. The number of carbonyl (C=O) groups excluding carboxylic acids is 2. The normalized spacial score (nSPS) is 11.8. The van der Waals surface area contributed by atoms with Crippen molar-refractivity contribution in [2.75, 3.05) is 19.8 Å². The zero-order valence-corrected chi connectivity index (χ0v) is 26.5. The van der Waals surface area contributed by atoms with E-state index in [1.807, 2.05) is 60.6 Å². The van der Waals surface area contributed by atoms with Gasteiger partial charge < -0.3 is 20.5 Å². The second-order valence-electron chi connectivity index (χ2n) is 12.8. The summed E-state index contributed by atoms with van der Waals surface area (Å²) in [6.45, 7) is 14.9. The average molecular weight is 596 g/mol. The Morgan fingerprint density at radius 2 is 1.58 bits per heavy atom. The summed E-state index contributed by atoms with van der Waals surface area (Å²) in [5.74, 6) is 0.0933. The van der Waals surface area contributed by atoms with Crippen molar-refractivity contribution in [2.24, 2.45) is 0 Å². The van der Waals surface area contributed by atoms with E-state index in [4.69, 9.17) is 4.74 Å². The number of aromatic nitrogens is 3. The topological polar surface area (TPSA) is 118 Å². The summed E-state index contributed by atoms with van der Waals surface area (Å²) in [7, 11) is 0. The number of hydrogen-bond acceptors (Lipinski definition) is 6. The number of benzene rings is 2. The molecule has 0 atom stereocenters. The molecule has 0 radical (unpaired) electrons. The number of hydrogen-bond donors (Lipinski definition) is 3. The van der Waals surface area contributed by atoms with Gasteiger partial charge in [-0.25, -0.2) is 4.68 Å². The Labute approximate surface area is 254 Å². The van der Waals surface area contributed by atoms with Gasteiger partial charge in [-0.2, -0.15) is 0 Å². The highest BCUT2D eigenvalue weighted by Crippen LogP contribution is 2.39. The van der Waals surface area contributed by atoms with Gasteiger partial charge in [-0.05, 0) is 84.0 Å². The first-order chi connectivity index (χ1) is 20.3. The SMILES string of the molecule is CCNC(=O)c1ccc(-n2cc(C(=O)NCc3cc(C(C)(C)C)c(O)c(C(C)(C)C)c3)nn2)c(OCCCCCCF)c1. The monoisotopic (exact) mass is 595 g/mol. The summed E-state index contributed by atoms with van der Waals surface area (Å²) in [6, 6.07) is 8.88. The zero-order valence-electron chi connectivity index (χ0n) is 26.5. The van der Waals surface area contributed by atoms with Crippen LogP contribution in [0.1, 0.15) is 112 Å². The predicted molar refractivity (Wildman–Crippen MR) is 166 cm³/mol. The van der Waals surface area contributed by atoms with E-state index in [1.54, 1.807) is 18.2 Å². The molecular formula is C33H46FN5O4. The molecule has 9 nitrogen and oxygen atoms in total. The molecule has 2 amide bonds. The molecule has 0 aliphatic heterocycles. The highest BCUT2D eigenvalue weighted by molar-refractivity contribution is 5.95. The average Bonchev–Trinajstić information content (AvgIpc) is 3.43. The lowest BCUT2D eigenvalue weighted by Gasteiger charge is -2.28. The number of phenolic OH excluding ortho intramolecular Hbond substituents is 1. The Bertz CT molecular complexity index is 1370. The Kier molecular flexibility index (Phi) is 11.3. The fraction of sp³-hybridized carbons (Fsp3) is 0.515. The van der Waals surface area contributed by atoms with Crippen LogP contribution in [0.2, 0.25) is 0 Å². The second-order valence-corrected chi connectivity index (χ2v) is 12.8. The van der Waals surface area contributed by atoms with Crippen molar-refractivity contribution in [3.8, 4) is 17.2 Å². The van der Waals surface area contributed by atoms with Gasteiger partial charge in [0.25, 0.3) is 11.8 Å². The summed E-state index contributed by atoms with van der Waals surface area (Å²) in [4.78, 5) is 25.5. The maximum atomic E-state index is 13.1. The number of aromatic hydroxyl groups is 1. The molecule has 0 saturated heterocycles. The smallest absolute Gasteiger partial charge is 0.273 e. The van der Waals surface area contributed by atoms with E-state index in [9.17, 15) is 19.1 Å². The van der Waals surface area contributed by atoms with E-state index >= 15 is 0 Å². The molecule has 0 spiro atoms. The van der Waals surface area contributed by atoms with Crippen LogP contribution in [-0.2, 0) is 17.4 Å². The van der Waals surface area contributed by atoms with Crippen molar-refractivity contribution in [2.45, 2.75) is 91.5 Å². The molecule has 234 valence electrons. The fourth-order valence-corrected chi connectivity index (χ4v) is 4.65. The number of rotatable bonds is 13. The van der Waals surface area contributed by atoms with Gasteiger partial charge in [0.05, 0.1) is 19.5 Å². The van der Waals surface area contributed by atoms with E-state index in [2.05, 4.69) is 20.9 Å². The molecule has 0 bridgehead atoms. The van der Waals surface area contributed by atoms with Crippen molar-refractivity contribution in [1.29, 1.82) is 0 Å². The third-order valence-corrected chi connectivity index (χ3v) is 7.06. The van der Waals surface area contributed by atoms with Gasteiger partial charge in [-0.1, -0.05) is 53.2 Å². The van der Waals surface area contributed by atoms with Crippen LogP contribution in [0.4, 0.5) is 4.39 Å². The van der Waals surface area contributed by atoms with Gasteiger partial charge in [0.2, 0.25) is 0 Å². The van der Waals surface area contributed by atoms with Gasteiger partial charge in [0, 0.05) is 18.7 Å². The molecule has 1 aromatic heterocycles. The van der Waals surface area contributed by atoms with Gasteiger partial charge >= 0.3 is 0 Å². The van der Waals surface area contributed by atoms with Crippen LogP contribution in [0, 0.1) is 0 Å². The molecule has 10 heteroatoms. The Hall–Kier alpha value is -3.95. The van der Waals surface area contributed by atoms with E-state index in [1.165, 1.54) is 10.9 Å². The molecule has 43 heavy (non-hydrogen) atoms. The lowest BCUT2D eigenvalue weighted by Crippen LogP contribution is -2.24. The number of amides is 2. The number of nitrogens with zero attached hydrogens (tertiary/aromatic N) is 3. The van der Waals surface area contributed by atoms with Gasteiger partial charge in [0.15, 0.2) is 5.69 Å². The zero-order chi connectivity index (χ0) is 31.8. The first-order valence-electron chi connectivity index (χ1n) is 14.9. The molecule has 3 rings (SSSR count). The van der Waals surface area contributed by atoms with E-state index < -0.39 is 5.91 Å². The van der Waals surface area contributed by atoms with Crippen molar-refractivity contribution < 1.29 is 23.8 Å². The number of ether oxygens (including phenoxy) is 1. The first kappa shape index (κ1) is 33.6. The van der Waals surface area contributed by atoms with Crippen LogP contribution in [0.25, 0.3) is 5.69 Å².